The van der Waals surface area contributed by atoms with E-state index in [1.54, 1.807) is 157 Å². The Balaban J connectivity index is 0.000000127. The first-order valence-electron chi connectivity index (χ1n) is 44.4. The van der Waals surface area contributed by atoms with Gasteiger partial charge in [0.15, 0.2) is 0 Å². The lowest BCUT2D eigenvalue weighted by molar-refractivity contribution is -0.111. The van der Waals surface area contributed by atoms with Crippen molar-refractivity contribution in [2.75, 3.05) is 88.2 Å². The molecule has 0 spiro atoms. The van der Waals surface area contributed by atoms with Gasteiger partial charge in [-0.3, -0.25) is 53.2 Å². The van der Waals surface area contributed by atoms with Gasteiger partial charge in [-0.25, -0.2) is 17.6 Å². The third-order valence-electron chi connectivity index (χ3n) is 24.5. The smallest absolute Gasteiger partial charge is 0.256 e. The first kappa shape index (κ1) is 95.2. The first-order valence-corrected chi connectivity index (χ1v) is 45.9. The number of aromatic nitrogens is 2. The molecule has 0 bridgehead atoms. The molecule has 20 rings (SSSR count). The van der Waals surface area contributed by atoms with Crippen LogP contribution in [0.25, 0.3) is 91.9 Å². The Kier molecular flexibility index (Phi) is 28.7. The summed E-state index contributed by atoms with van der Waals surface area (Å²) in [7, 11) is 5.92. The highest BCUT2D eigenvalue weighted by Crippen LogP contribution is 2.43. The molecule has 0 aliphatic carbocycles. The van der Waals surface area contributed by atoms with Gasteiger partial charge in [-0.05, 0) is 298 Å². The van der Waals surface area contributed by atoms with E-state index in [0.29, 0.717) is 196 Å². The van der Waals surface area contributed by atoms with E-state index in [1.807, 2.05) is 28.1 Å². The van der Waals surface area contributed by atoms with Crippen LogP contribution in [0.3, 0.4) is 0 Å². The van der Waals surface area contributed by atoms with Crippen molar-refractivity contribution in [1.82, 2.24) is 45.5 Å². The maximum Gasteiger partial charge on any atom is 0.256 e. The molecule has 8 amide bonds. The summed E-state index contributed by atoms with van der Waals surface area (Å²) in [6.07, 6.45) is 14.7. The maximum absolute atomic E-state index is 13.7. The Bertz CT molecular complexity index is 7140. The first-order chi connectivity index (χ1) is 66.5. The predicted molar refractivity (Wildman–Crippen MR) is 525 cm³/mol. The third kappa shape index (κ3) is 21.8. The highest BCUT2D eigenvalue weighted by Gasteiger charge is 2.34. The third-order valence-corrected chi connectivity index (χ3v) is 25.9. The molecule has 7 N–H and O–H groups in total. The Labute approximate surface area is 810 Å². The minimum absolute atomic E-state index is 0.0756. The number of rotatable bonds is 19. The molecule has 12 heterocycles. The number of hydrogen-bond acceptors (Lipinski definition) is 17. The van der Waals surface area contributed by atoms with E-state index in [-0.39, 0.29) is 65.9 Å². The van der Waals surface area contributed by atoms with Crippen molar-refractivity contribution < 1.29 is 73.6 Å². The average molecular weight is 1940 g/mol. The Morgan fingerprint density at radius 2 is 0.812 bits per heavy atom. The lowest BCUT2D eigenvalue weighted by Crippen LogP contribution is -2.46. The summed E-state index contributed by atoms with van der Waals surface area (Å²) in [5, 5.41) is 21.5. The number of nitrogens with one attached hydrogen (secondary N) is 7. The molecule has 138 heavy (non-hydrogen) atoms. The summed E-state index contributed by atoms with van der Waals surface area (Å²) < 4.78 is 78.5. The highest BCUT2D eigenvalue weighted by atomic mass is 35.5. The second-order valence-corrected chi connectivity index (χ2v) is 35.7. The number of furan rings is 4. The van der Waals surface area contributed by atoms with Gasteiger partial charge in [0.1, 0.15) is 69.4 Å². The number of nitrogens with zero attached hydrogens (tertiary/aromatic N) is 6. The van der Waals surface area contributed by atoms with Gasteiger partial charge in [-0.2, -0.15) is 0 Å². The van der Waals surface area contributed by atoms with Crippen molar-refractivity contribution in [3.8, 4) is 45.3 Å². The number of aryl methyl sites for hydroxylation is 1. The van der Waals surface area contributed by atoms with Crippen LogP contribution < -0.4 is 37.2 Å². The molecular formula is C105H89Cl4F4N13O12. The van der Waals surface area contributed by atoms with Crippen LogP contribution in [0.1, 0.15) is 137 Å². The van der Waals surface area contributed by atoms with E-state index < -0.39 is 23.3 Å². The molecule has 7 aliphatic rings. The average Bonchev–Trinajstić information content (AvgIpc) is 1.64. The van der Waals surface area contributed by atoms with Gasteiger partial charge in [0.05, 0.1) is 66.5 Å². The lowest BCUT2D eigenvalue weighted by Gasteiger charge is -2.30. The van der Waals surface area contributed by atoms with E-state index in [0.717, 1.165) is 77.1 Å². The van der Waals surface area contributed by atoms with Crippen molar-refractivity contribution in [2.45, 2.75) is 70.6 Å². The zero-order valence-corrected chi connectivity index (χ0v) is 78.0. The highest BCUT2D eigenvalue weighted by molar-refractivity contribution is 6.38. The molecule has 33 heteroatoms. The molecule has 0 radical (unpaired) electrons. The summed E-state index contributed by atoms with van der Waals surface area (Å²) in [6, 6.07) is 50.9. The summed E-state index contributed by atoms with van der Waals surface area (Å²) in [6.45, 7) is 10.5. The molecule has 8 aromatic carbocycles. The molecule has 5 aromatic heterocycles. The molecular weight excluding hydrogens is 1850 g/mol. The number of likely N-dealkylation sites (tertiary alicyclic amines) is 3. The molecule has 25 nitrogen and oxygen atoms in total. The standard InChI is InChI=1S/C27H25ClFN3O3.C26H18ClFN4O3.2C26H23ClFN3O3/c1-2-32-11-3-4-18(32)15-30-26(33)16-5-8-23(28)22(12-16)25-10-7-19(35-25)14-21-20-13-17(29)6-9-24(20)31-27(21)34;1-14-11-30-17(12-29-14)13-31-25(33)15-2-5-22(27)21(8-15)24-7-4-18(35-24)10-20-19-9-16(28)3-6-23(19)32-26(20)34;1-30-10-9-17(14-30)31(2)26(33)15-3-6-22(27)21(11-15)24-8-5-18(34-24)13-20-19-12-16(28)4-7-23(19)29-25(20)32;1-31-10-2-3-17(14-31)29-25(32)15-4-7-22(27)21(11-15)24-9-6-18(34-24)13-20-19-12-16(28)5-8-23(19)30-26(20)33/h5-10,12-14,18H,2-4,11,15H2,1H3,(H,30,33)(H,31,34);2-12H,13H2,1H3,(H,31,33)(H,32,34);3-8,11-13,17H,9-10,14H2,1-2H3,(H,29,32);4-9,11-13,17H,2-3,10,14H2,1H3,(H,29,32)(H,30,33)/b21-14+;20-10+;2*20-13+. The van der Waals surface area contributed by atoms with Crippen LogP contribution in [0.5, 0.6) is 0 Å². The van der Waals surface area contributed by atoms with Crippen LogP contribution in [0.2, 0.25) is 20.1 Å². The Morgan fingerprint density at radius 1 is 0.435 bits per heavy atom. The Hall–Kier alpha value is -14.6. The van der Waals surface area contributed by atoms with Crippen LogP contribution in [0.4, 0.5) is 40.3 Å². The minimum Gasteiger partial charge on any atom is -0.457 e. The molecule has 0 saturated carbocycles. The summed E-state index contributed by atoms with van der Waals surface area (Å²) in [4.78, 5) is 118. The van der Waals surface area contributed by atoms with Gasteiger partial charge in [0, 0.05) is 141 Å². The number of anilines is 4. The fourth-order valence-corrected chi connectivity index (χ4v) is 18.1. The number of halogens is 8. The van der Waals surface area contributed by atoms with E-state index >= 15 is 0 Å². The second kappa shape index (κ2) is 41.6. The zero-order valence-electron chi connectivity index (χ0n) is 75.0. The number of fused-ring (bicyclic) bond motifs is 4. The van der Waals surface area contributed by atoms with Gasteiger partial charge in [0.2, 0.25) is 0 Å². The summed E-state index contributed by atoms with van der Waals surface area (Å²) >= 11 is 25.7. The van der Waals surface area contributed by atoms with Crippen molar-refractivity contribution in [2.24, 2.45) is 0 Å². The molecule has 702 valence electrons. The quantitative estimate of drug-likeness (QED) is 0.0292. The number of carbonyl (C=O) groups excluding carboxylic acids is 8. The van der Waals surface area contributed by atoms with Crippen LogP contribution >= 0.6 is 46.4 Å². The molecule has 3 atom stereocenters. The maximum atomic E-state index is 13.7. The van der Waals surface area contributed by atoms with Crippen LogP contribution in [-0.4, -0.2) is 162 Å². The van der Waals surface area contributed by atoms with Crippen molar-refractivity contribution in [3.05, 3.63) is 329 Å². The molecule has 7 aliphatic heterocycles. The monoisotopic (exact) mass is 1940 g/mol. The van der Waals surface area contributed by atoms with Gasteiger partial charge < -0.3 is 69.6 Å². The normalized spacial score (nSPS) is 17.6. The topological polar surface area (TPSA) is 312 Å². The number of carbonyl (C=O) groups is 8. The molecule has 3 saturated heterocycles. The van der Waals surface area contributed by atoms with E-state index in [2.05, 4.69) is 68.8 Å². The van der Waals surface area contributed by atoms with Crippen LogP contribution in [0, 0.1) is 30.2 Å². The number of piperidine rings is 1. The van der Waals surface area contributed by atoms with Gasteiger partial charge in [-0.1, -0.05) is 53.3 Å². The molecule has 13 aromatic rings. The van der Waals surface area contributed by atoms with Crippen molar-refractivity contribution >= 4 is 163 Å². The SMILES string of the molecule is CCN1CCCC1CNC(=O)c1ccc(Cl)c(-c2ccc(/C=C3/C(=O)Nc4ccc(F)cc43)o2)c1.CN1CCC(N(C)C(=O)c2ccc(Cl)c(-c3ccc(/C=C4/C(=O)Nc5ccc(F)cc54)o3)c2)C1.CN1CCCC(NC(=O)c2ccc(Cl)c(-c3ccc(/C=C4/C(=O)Nc5ccc(F)cc54)o3)c2)C1.Cc1cnc(CNC(=O)c2ccc(Cl)c(-c3ccc(/C=C4/C(=O)Nc5ccc(F)cc54)o3)c2)cn1. The van der Waals surface area contributed by atoms with Gasteiger partial charge >= 0.3 is 0 Å². The largest absolute Gasteiger partial charge is 0.457 e. The fourth-order valence-electron chi connectivity index (χ4n) is 17.3. The lowest BCUT2D eigenvalue weighted by atomic mass is 10.0. The summed E-state index contributed by atoms with van der Waals surface area (Å²) in [5.41, 5.74) is 10.9. The minimum atomic E-state index is -0.442. The van der Waals surface area contributed by atoms with E-state index in [1.165, 1.54) is 78.9 Å². The fraction of sp³-hybridized carbons (Fsp3) is 0.200. The molecule has 3 fully saturated rings. The van der Waals surface area contributed by atoms with Crippen LogP contribution in [0.15, 0.2) is 224 Å². The van der Waals surface area contributed by atoms with Gasteiger partial charge in [-0.15, -0.1) is 0 Å². The zero-order chi connectivity index (χ0) is 96.9. The predicted octanol–water partition coefficient (Wildman–Crippen LogP) is 20.8. The van der Waals surface area contributed by atoms with E-state index in [4.69, 9.17) is 64.1 Å². The number of benzene rings is 8. The Morgan fingerprint density at radius 3 is 1.19 bits per heavy atom. The van der Waals surface area contributed by atoms with Crippen LogP contribution in [-0.2, 0) is 25.7 Å². The summed E-state index contributed by atoms with van der Waals surface area (Å²) in [5.74, 6) is -0.350. The van der Waals surface area contributed by atoms with Crippen molar-refractivity contribution in [3.63, 3.8) is 0 Å². The second-order valence-electron chi connectivity index (χ2n) is 34.1. The number of hydrogen-bond donors (Lipinski definition) is 7. The van der Waals surface area contributed by atoms with E-state index in [9.17, 15) is 55.9 Å². The van der Waals surface area contributed by atoms with Crippen molar-refractivity contribution in [1.29, 1.82) is 0 Å². The number of likely N-dealkylation sites (N-methyl/N-ethyl adjacent to an activating group) is 4. The number of amides is 8. The molecule has 3 unspecified atom stereocenters. The van der Waals surface area contributed by atoms with Gasteiger partial charge in [0.25, 0.3) is 47.3 Å².